The molecule has 1 aromatic heterocycles. The smallest absolute Gasteiger partial charge is 0.227 e. The van der Waals surface area contributed by atoms with Gasteiger partial charge in [-0.15, -0.1) is 10.2 Å². The van der Waals surface area contributed by atoms with Crippen molar-refractivity contribution in [3.8, 4) is 11.4 Å². The zero-order chi connectivity index (χ0) is 18.5. The van der Waals surface area contributed by atoms with Gasteiger partial charge < -0.3 is 10.5 Å². The van der Waals surface area contributed by atoms with Crippen molar-refractivity contribution >= 4 is 17.7 Å². The minimum atomic E-state index is -0.397. The minimum Gasteiger partial charge on any atom is -0.485 e. The van der Waals surface area contributed by atoms with E-state index in [0.717, 1.165) is 22.6 Å². The number of carbonyl (C=O) groups is 1. The lowest BCUT2D eigenvalue weighted by atomic mass is 10.2. The number of nitrogens with two attached hydrogens (primary N) is 1. The van der Waals surface area contributed by atoms with E-state index < -0.39 is 5.91 Å². The van der Waals surface area contributed by atoms with E-state index >= 15 is 0 Å². The van der Waals surface area contributed by atoms with E-state index in [-0.39, 0.29) is 12.4 Å². The number of ether oxygens (including phenoxy) is 1. The van der Waals surface area contributed by atoms with Gasteiger partial charge in [0.2, 0.25) is 5.91 Å². The number of hydrogen-bond acceptors (Lipinski definition) is 5. The Morgan fingerprint density at radius 2 is 1.96 bits per heavy atom. The molecule has 0 unspecified atom stereocenters. The van der Waals surface area contributed by atoms with Crippen LogP contribution in [-0.2, 0) is 11.4 Å². The van der Waals surface area contributed by atoms with Gasteiger partial charge in [-0.25, -0.2) is 0 Å². The Balaban J connectivity index is 1.91. The molecule has 0 aliphatic heterocycles. The maximum absolute atomic E-state index is 11.1. The second-order valence-electron chi connectivity index (χ2n) is 5.88. The highest BCUT2D eigenvalue weighted by Gasteiger charge is 2.16. The molecule has 134 valence electrons. The van der Waals surface area contributed by atoms with Crippen molar-refractivity contribution in [1.82, 2.24) is 14.8 Å². The van der Waals surface area contributed by atoms with Gasteiger partial charge in [-0.3, -0.25) is 9.36 Å². The first-order valence-electron chi connectivity index (χ1n) is 8.15. The van der Waals surface area contributed by atoms with Crippen molar-refractivity contribution in [1.29, 1.82) is 0 Å². The predicted molar refractivity (Wildman–Crippen MR) is 102 cm³/mol. The summed E-state index contributed by atoms with van der Waals surface area (Å²) in [6, 6.07) is 15.8. The van der Waals surface area contributed by atoms with E-state index in [1.54, 1.807) is 0 Å². The average Bonchev–Trinajstić information content (AvgIpc) is 3.02. The fourth-order valence-electron chi connectivity index (χ4n) is 2.51. The van der Waals surface area contributed by atoms with Crippen LogP contribution in [0, 0.1) is 13.8 Å². The monoisotopic (exact) mass is 368 g/mol. The third-order valence-electron chi connectivity index (χ3n) is 3.75. The normalized spacial score (nSPS) is 10.7. The molecule has 2 N–H and O–H groups in total. The molecule has 2 aromatic carbocycles. The average molecular weight is 368 g/mol. The summed E-state index contributed by atoms with van der Waals surface area (Å²) in [6.07, 6.45) is 0. The molecule has 0 spiro atoms. The molecular formula is C19H20N4O2S. The Morgan fingerprint density at radius 1 is 1.15 bits per heavy atom. The molecular weight excluding hydrogens is 348 g/mol. The number of aryl methyl sites for hydroxylation is 2. The van der Waals surface area contributed by atoms with Gasteiger partial charge in [-0.2, -0.15) is 0 Å². The standard InChI is InChI=1S/C19H20N4O2S/c1-13-6-5-8-15(10-13)23-18(21-22-19(23)26-12-17(20)24)11-25-16-9-4-3-7-14(16)2/h3-10H,11-12H2,1-2H3,(H2,20,24). The number of primary amides is 1. The van der Waals surface area contributed by atoms with Crippen LogP contribution in [0.15, 0.2) is 53.7 Å². The Hall–Kier alpha value is -2.80. The summed E-state index contributed by atoms with van der Waals surface area (Å²) in [5.41, 5.74) is 8.36. The number of hydrogen-bond donors (Lipinski definition) is 1. The molecule has 0 fully saturated rings. The first-order valence-corrected chi connectivity index (χ1v) is 9.14. The van der Waals surface area contributed by atoms with E-state index in [4.69, 9.17) is 10.5 Å². The summed E-state index contributed by atoms with van der Waals surface area (Å²) in [4.78, 5) is 11.1. The second kappa shape index (κ2) is 8.05. The van der Waals surface area contributed by atoms with Gasteiger partial charge in [0, 0.05) is 5.69 Å². The second-order valence-corrected chi connectivity index (χ2v) is 6.82. The zero-order valence-corrected chi connectivity index (χ0v) is 15.5. The topological polar surface area (TPSA) is 83.0 Å². The molecule has 1 amide bonds. The molecule has 6 nitrogen and oxygen atoms in total. The first-order chi connectivity index (χ1) is 12.5. The van der Waals surface area contributed by atoms with Gasteiger partial charge in [-0.1, -0.05) is 42.1 Å². The number of para-hydroxylation sites is 1. The molecule has 1 heterocycles. The molecule has 26 heavy (non-hydrogen) atoms. The van der Waals surface area contributed by atoms with E-state index in [2.05, 4.69) is 10.2 Å². The number of thioether (sulfide) groups is 1. The van der Waals surface area contributed by atoms with Crippen molar-refractivity contribution in [2.45, 2.75) is 25.6 Å². The summed E-state index contributed by atoms with van der Waals surface area (Å²) < 4.78 is 7.83. The molecule has 7 heteroatoms. The Labute approximate surface area is 156 Å². The number of carbonyl (C=O) groups excluding carboxylic acids is 1. The molecule has 0 aliphatic rings. The number of aromatic nitrogens is 3. The zero-order valence-electron chi connectivity index (χ0n) is 14.7. The summed E-state index contributed by atoms with van der Waals surface area (Å²) in [7, 11) is 0. The number of amides is 1. The van der Waals surface area contributed by atoms with E-state index in [0.29, 0.717) is 11.0 Å². The highest BCUT2D eigenvalue weighted by molar-refractivity contribution is 7.99. The van der Waals surface area contributed by atoms with Gasteiger partial charge >= 0.3 is 0 Å². The quantitative estimate of drug-likeness (QED) is 0.648. The van der Waals surface area contributed by atoms with Crippen LogP contribution >= 0.6 is 11.8 Å². The highest BCUT2D eigenvalue weighted by Crippen LogP contribution is 2.24. The van der Waals surface area contributed by atoms with Crippen molar-refractivity contribution in [2.75, 3.05) is 5.75 Å². The minimum absolute atomic E-state index is 0.141. The third-order valence-corrected chi connectivity index (χ3v) is 4.71. The lowest BCUT2D eigenvalue weighted by Gasteiger charge is -2.12. The van der Waals surface area contributed by atoms with Crippen LogP contribution in [0.25, 0.3) is 5.69 Å². The SMILES string of the molecule is Cc1cccc(-n2c(COc3ccccc3C)nnc2SCC(N)=O)c1. The van der Waals surface area contributed by atoms with Crippen molar-refractivity contribution in [3.63, 3.8) is 0 Å². The van der Waals surface area contributed by atoms with Gasteiger partial charge in [0.15, 0.2) is 11.0 Å². The van der Waals surface area contributed by atoms with Gasteiger partial charge in [0.25, 0.3) is 0 Å². The molecule has 0 aliphatic carbocycles. The van der Waals surface area contributed by atoms with Crippen LogP contribution < -0.4 is 10.5 Å². The molecule has 0 saturated carbocycles. The highest BCUT2D eigenvalue weighted by atomic mass is 32.2. The lowest BCUT2D eigenvalue weighted by molar-refractivity contribution is -0.115. The summed E-state index contributed by atoms with van der Waals surface area (Å²) >= 11 is 1.26. The maximum Gasteiger partial charge on any atom is 0.227 e. The van der Waals surface area contributed by atoms with Gasteiger partial charge in [0.05, 0.1) is 5.75 Å². The number of nitrogens with zero attached hydrogens (tertiary/aromatic N) is 3. The molecule has 0 radical (unpaired) electrons. The van der Waals surface area contributed by atoms with Crippen LogP contribution in [0.4, 0.5) is 0 Å². The number of rotatable bonds is 7. The van der Waals surface area contributed by atoms with Gasteiger partial charge in [0.1, 0.15) is 12.4 Å². The van der Waals surface area contributed by atoms with Crippen LogP contribution in [0.1, 0.15) is 17.0 Å². The van der Waals surface area contributed by atoms with Crippen molar-refractivity contribution in [2.24, 2.45) is 5.73 Å². The molecule has 3 rings (SSSR count). The molecule has 0 bridgehead atoms. The largest absolute Gasteiger partial charge is 0.485 e. The van der Waals surface area contributed by atoms with Crippen LogP contribution in [0.3, 0.4) is 0 Å². The Morgan fingerprint density at radius 3 is 2.69 bits per heavy atom. The van der Waals surface area contributed by atoms with Crippen molar-refractivity contribution in [3.05, 3.63) is 65.5 Å². The van der Waals surface area contributed by atoms with Crippen molar-refractivity contribution < 1.29 is 9.53 Å². The Kier molecular flexibility index (Phi) is 5.58. The molecule has 0 saturated heterocycles. The van der Waals surface area contributed by atoms with Gasteiger partial charge in [-0.05, 0) is 43.2 Å². The third kappa shape index (κ3) is 4.23. The van der Waals surface area contributed by atoms with E-state index in [9.17, 15) is 4.79 Å². The van der Waals surface area contributed by atoms with Crippen LogP contribution in [0.5, 0.6) is 5.75 Å². The van der Waals surface area contributed by atoms with Crippen LogP contribution in [0.2, 0.25) is 0 Å². The summed E-state index contributed by atoms with van der Waals surface area (Å²) in [5.74, 6) is 1.21. The molecule has 3 aromatic rings. The van der Waals surface area contributed by atoms with E-state index in [1.165, 1.54) is 11.8 Å². The summed E-state index contributed by atoms with van der Waals surface area (Å²) in [6.45, 7) is 4.28. The molecule has 0 atom stereocenters. The summed E-state index contributed by atoms with van der Waals surface area (Å²) in [5, 5.41) is 9.09. The lowest BCUT2D eigenvalue weighted by Crippen LogP contribution is -2.14. The Bertz CT molecular complexity index is 923. The van der Waals surface area contributed by atoms with E-state index in [1.807, 2.05) is 66.9 Å². The predicted octanol–water partition coefficient (Wildman–Crippen LogP) is 3.04. The first kappa shape index (κ1) is 18.0. The fourth-order valence-corrected chi connectivity index (χ4v) is 3.22. The fraction of sp³-hybridized carbons (Fsp3) is 0.211. The number of benzene rings is 2. The van der Waals surface area contributed by atoms with Crippen LogP contribution in [-0.4, -0.2) is 26.4 Å². The maximum atomic E-state index is 11.1.